The Bertz CT molecular complexity index is 401. The largest absolute Gasteiger partial charge is 0.294 e. The SMILES string of the molecule is CCCCC(CC)CC(=O)c1ccc(F)c(F)c1. The van der Waals surface area contributed by atoms with Crippen LogP contribution in [0.5, 0.6) is 0 Å². The van der Waals surface area contributed by atoms with Crippen molar-refractivity contribution in [2.24, 2.45) is 5.92 Å². The van der Waals surface area contributed by atoms with Gasteiger partial charge in [0.1, 0.15) is 0 Å². The van der Waals surface area contributed by atoms with Crippen molar-refractivity contribution in [2.75, 3.05) is 0 Å². The molecule has 1 rings (SSSR count). The average Bonchev–Trinajstić information content (AvgIpc) is 2.37. The Labute approximate surface area is 107 Å². The van der Waals surface area contributed by atoms with E-state index in [9.17, 15) is 13.6 Å². The van der Waals surface area contributed by atoms with Crippen LogP contribution in [0, 0.1) is 17.6 Å². The Kier molecular flexibility index (Phi) is 5.96. The maximum absolute atomic E-state index is 13.0. The number of halogens is 2. The van der Waals surface area contributed by atoms with Crippen LogP contribution in [-0.4, -0.2) is 5.78 Å². The molecule has 0 spiro atoms. The van der Waals surface area contributed by atoms with Gasteiger partial charge in [-0.05, 0) is 24.1 Å². The van der Waals surface area contributed by atoms with Crippen LogP contribution in [-0.2, 0) is 0 Å². The predicted molar refractivity (Wildman–Crippen MR) is 68.6 cm³/mol. The predicted octanol–water partition coefficient (Wildman–Crippen LogP) is 4.75. The van der Waals surface area contributed by atoms with Gasteiger partial charge in [-0.3, -0.25) is 4.79 Å². The summed E-state index contributed by atoms with van der Waals surface area (Å²) >= 11 is 0. The van der Waals surface area contributed by atoms with E-state index in [4.69, 9.17) is 0 Å². The van der Waals surface area contributed by atoms with Crippen molar-refractivity contribution < 1.29 is 13.6 Å². The Morgan fingerprint density at radius 1 is 1.22 bits per heavy atom. The fourth-order valence-corrected chi connectivity index (χ4v) is 1.99. The molecule has 1 atom stereocenters. The highest BCUT2D eigenvalue weighted by Crippen LogP contribution is 2.20. The number of carbonyl (C=O) groups excluding carboxylic acids is 1. The van der Waals surface area contributed by atoms with Gasteiger partial charge in [0.25, 0.3) is 0 Å². The summed E-state index contributed by atoms with van der Waals surface area (Å²) in [4.78, 5) is 12.0. The number of Topliss-reactive ketones (excluding diaryl/α,β-unsaturated/α-hetero) is 1. The number of rotatable bonds is 7. The lowest BCUT2D eigenvalue weighted by molar-refractivity contribution is 0.0956. The van der Waals surface area contributed by atoms with Gasteiger partial charge in [0.15, 0.2) is 17.4 Å². The Hall–Kier alpha value is -1.25. The van der Waals surface area contributed by atoms with Crippen LogP contribution >= 0.6 is 0 Å². The van der Waals surface area contributed by atoms with E-state index in [-0.39, 0.29) is 11.3 Å². The monoisotopic (exact) mass is 254 g/mol. The first-order valence-electron chi connectivity index (χ1n) is 6.56. The Morgan fingerprint density at radius 3 is 2.50 bits per heavy atom. The minimum atomic E-state index is -0.956. The third kappa shape index (κ3) is 4.21. The molecule has 0 N–H and O–H groups in total. The molecule has 0 bridgehead atoms. The van der Waals surface area contributed by atoms with E-state index in [1.807, 2.05) is 0 Å². The quantitative estimate of drug-likeness (QED) is 0.641. The number of benzene rings is 1. The minimum Gasteiger partial charge on any atom is -0.294 e. The van der Waals surface area contributed by atoms with Crippen molar-refractivity contribution in [1.82, 2.24) is 0 Å². The summed E-state index contributed by atoms with van der Waals surface area (Å²) in [5.74, 6) is -1.63. The number of carbonyl (C=O) groups is 1. The van der Waals surface area contributed by atoms with Crippen molar-refractivity contribution in [1.29, 1.82) is 0 Å². The lowest BCUT2D eigenvalue weighted by Crippen LogP contribution is -2.09. The first-order valence-corrected chi connectivity index (χ1v) is 6.56. The van der Waals surface area contributed by atoms with Crippen molar-refractivity contribution in [3.63, 3.8) is 0 Å². The molecule has 0 aliphatic rings. The maximum atomic E-state index is 13.0. The summed E-state index contributed by atoms with van der Waals surface area (Å²) < 4.78 is 25.8. The van der Waals surface area contributed by atoms with Crippen molar-refractivity contribution >= 4 is 5.78 Å². The summed E-state index contributed by atoms with van der Waals surface area (Å²) in [7, 11) is 0. The molecule has 0 amide bonds. The molecule has 0 aliphatic heterocycles. The summed E-state index contributed by atoms with van der Waals surface area (Å²) in [5, 5.41) is 0. The Balaban J connectivity index is 2.65. The van der Waals surface area contributed by atoms with Gasteiger partial charge in [0.2, 0.25) is 0 Å². The van der Waals surface area contributed by atoms with E-state index in [2.05, 4.69) is 13.8 Å². The van der Waals surface area contributed by atoms with Crippen LogP contribution in [0.25, 0.3) is 0 Å². The van der Waals surface area contributed by atoms with Crippen LogP contribution in [0.4, 0.5) is 8.78 Å². The van der Waals surface area contributed by atoms with Gasteiger partial charge in [-0.1, -0.05) is 39.5 Å². The second-order valence-corrected chi connectivity index (χ2v) is 4.67. The summed E-state index contributed by atoms with van der Waals surface area (Å²) in [6.45, 7) is 4.17. The van der Waals surface area contributed by atoms with E-state index < -0.39 is 11.6 Å². The fourth-order valence-electron chi connectivity index (χ4n) is 1.99. The van der Waals surface area contributed by atoms with Gasteiger partial charge in [0, 0.05) is 12.0 Å². The van der Waals surface area contributed by atoms with E-state index in [0.717, 1.165) is 37.8 Å². The average molecular weight is 254 g/mol. The molecule has 0 aromatic heterocycles. The van der Waals surface area contributed by atoms with Gasteiger partial charge < -0.3 is 0 Å². The molecular weight excluding hydrogens is 234 g/mol. The molecule has 1 nitrogen and oxygen atoms in total. The van der Waals surface area contributed by atoms with Crippen LogP contribution in [0.1, 0.15) is 56.3 Å². The van der Waals surface area contributed by atoms with E-state index in [0.29, 0.717) is 12.3 Å². The second kappa shape index (κ2) is 7.24. The normalized spacial score (nSPS) is 12.4. The minimum absolute atomic E-state index is 0.100. The lowest BCUT2D eigenvalue weighted by Gasteiger charge is -2.13. The van der Waals surface area contributed by atoms with Crippen LogP contribution in [0.2, 0.25) is 0 Å². The second-order valence-electron chi connectivity index (χ2n) is 4.67. The van der Waals surface area contributed by atoms with E-state index in [1.54, 1.807) is 0 Å². The van der Waals surface area contributed by atoms with Gasteiger partial charge in [-0.2, -0.15) is 0 Å². The van der Waals surface area contributed by atoms with Crippen molar-refractivity contribution in [2.45, 2.75) is 46.0 Å². The highest BCUT2D eigenvalue weighted by molar-refractivity contribution is 5.96. The molecule has 3 heteroatoms. The van der Waals surface area contributed by atoms with E-state index in [1.165, 1.54) is 6.07 Å². The van der Waals surface area contributed by atoms with Gasteiger partial charge in [-0.15, -0.1) is 0 Å². The molecule has 0 fully saturated rings. The zero-order valence-electron chi connectivity index (χ0n) is 11.0. The molecule has 18 heavy (non-hydrogen) atoms. The highest BCUT2D eigenvalue weighted by Gasteiger charge is 2.15. The summed E-state index contributed by atoms with van der Waals surface area (Å²) in [5.41, 5.74) is 0.267. The third-order valence-electron chi connectivity index (χ3n) is 3.26. The van der Waals surface area contributed by atoms with Crippen LogP contribution in [0.15, 0.2) is 18.2 Å². The standard InChI is InChI=1S/C15H20F2O/c1-3-5-6-11(4-2)9-15(18)12-7-8-13(16)14(17)10-12/h7-8,10-11H,3-6,9H2,1-2H3. The summed E-state index contributed by atoms with van der Waals surface area (Å²) in [6, 6.07) is 3.35. The van der Waals surface area contributed by atoms with Crippen LogP contribution in [0.3, 0.4) is 0 Å². The molecule has 0 heterocycles. The summed E-state index contributed by atoms with van der Waals surface area (Å²) in [6.07, 6.45) is 4.58. The topological polar surface area (TPSA) is 17.1 Å². The molecule has 0 aliphatic carbocycles. The molecule has 0 saturated carbocycles. The van der Waals surface area contributed by atoms with Crippen LogP contribution < -0.4 is 0 Å². The maximum Gasteiger partial charge on any atom is 0.163 e. The zero-order chi connectivity index (χ0) is 13.5. The number of hydrogen-bond acceptors (Lipinski definition) is 1. The van der Waals surface area contributed by atoms with Gasteiger partial charge >= 0.3 is 0 Å². The first kappa shape index (κ1) is 14.8. The van der Waals surface area contributed by atoms with Gasteiger partial charge in [-0.25, -0.2) is 8.78 Å². The molecule has 1 aromatic carbocycles. The molecule has 0 radical (unpaired) electrons. The van der Waals surface area contributed by atoms with Gasteiger partial charge in [0.05, 0.1) is 0 Å². The molecule has 0 saturated heterocycles. The number of unbranched alkanes of at least 4 members (excludes halogenated alkanes) is 1. The molecule has 100 valence electrons. The third-order valence-corrected chi connectivity index (χ3v) is 3.26. The zero-order valence-corrected chi connectivity index (χ0v) is 11.0. The molecule has 1 aromatic rings. The molecular formula is C15H20F2O. The lowest BCUT2D eigenvalue weighted by atomic mass is 9.91. The number of hydrogen-bond donors (Lipinski definition) is 0. The Morgan fingerprint density at radius 2 is 1.94 bits per heavy atom. The number of ketones is 1. The van der Waals surface area contributed by atoms with Crippen molar-refractivity contribution in [3.8, 4) is 0 Å². The van der Waals surface area contributed by atoms with Crippen molar-refractivity contribution in [3.05, 3.63) is 35.4 Å². The first-order chi connectivity index (χ1) is 8.58. The van der Waals surface area contributed by atoms with E-state index >= 15 is 0 Å². The fraction of sp³-hybridized carbons (Fsp3) is 0.533. The highest BCUT2D eigenvalue weighted by atomic mass is 19.2. The smallest absolute Gasteiger partial charge is 0.163 e. The molecule has 1 unspecified atom stereocenters.